The summed E-state index contributed by atoms with van der Waals surface area (Å²) in [5.74, 6) is -0.661. The van der Waals surface area contributed by atoms with E-state index in [2.05, 4.69) is 20.0 Å². The molecule has 2 aromatic carbocycles. The molecule has 0 aliphatic rings. The number of hydrogen-bond donors (Lipinski definition) is 1. The summed E-state index contributed by atoms with van der Waals surface area (Å²) < 4.78 is 25.7. The summed E-state index contributed by atoms with van der Waals surface area (Å²) in [7, 11) is 1.23. The molecule has 0 bridgehead atoms. The van der Waals surface area contributed by atoms with Gasteiger partial charge in [-0.05, 0) is 42.8 Å². The maximum Gasteiger partial charge on any atom is 0.354 e. The van der Waals surface area contributed by atoms with Gasteiger partial charge in [-0.3, -0.25) is 9.36 Å². The van der Waals surface area contributed by atoms with Crippen LogP contribution < -0.4 is 21.4 Å². The van der Waals surface area contributed by atoms with Crippen LogP contribution in [-0.2, 0) is 22.6 Å². The van der Waals surface area contributed by atoms with Crippen molar-refractivity contribution in [3.8, 4) is 11.6 Å². The largest absolute Gasteiger partial charge is 0.469 e. The van der Waals surface area contributed by atoms with Gasteiger partial charge >= 0.3 is 17.3 Å². The van der Waals surface area contributed by atoms with Crippen LogP contribution in [0.1, 0.15) is 17.5 Å². The van der Waals surface area contributed by atoms with Crippen LogP contribution in [0.3, 0.4) is 0 Å². The molecule has 4 aromatic rings. The lowest BCUT2D eigenvalue weighted by atomic mass is 10.1. The van der Waals surface area contributed by atoms with Gasteiger partial charge in [0.1, 0.15) is 5.75 Å². The minimum Gasteiger partial charge on any atom is -0.469 e. The lowest BCUT2D eigenvalue weighted by Gasteiger charge is -2.16. The van der Waals surface area contributed by atoms with Crippen molar-refractivity contribution in [2.75, 3.05) is 12.4 Å². The highest BCUT2D eigenvalue weighted by Crippen LogP contribution is 2.23. The van der Waals surface area contributed by atoms with Crippen molar-refractivity contribution in [3.63, 3.8) is 0 Å². The molecule has 11 heteroatoms. The Bertz CT molecular complexity index is 1510. The lowest BCUT2D eigenvalue weighted by molar-refractivity contribution is -0.140. The predicted molar refractivity (Wildman–Crippen MR) is 134 cm³/mol. The van der Waals surface area contributed by atoms with Gasteiger partial charge in [-0.15, -0.1) is 0 Å². The van der Waals surface area contributed by atoms with E-state index < -0.39 is 23.3 Å². The van der Waals surface area contributed by atoms with E-state index in [1.54, 1.807) is 24.3 Å². The summed E-state index contributed by atoms with van der Waals surface area (Å²) in [6, 6.07) is 18.4. The number of carbonyl (C=O) groups is 1. The van der Waals surface area contributed by atoms with Crippen molar-refractivity contribution < 1.29 is 18.7 Å². The number of carbonyl (C=O) groups excluding carboxylic acids is 1. The van der Waals surface area contributed by atoms with E-state index in [1.807, 2.05) is 31.2 Å². The lowest BCUT2D eigenvalue weighted by Crippen LogP contribution is -2.43. The summed E-state index contributed by atoms with van der Waals surface area (Å²) in [5, 5.41) is 3.00. The summed E-state index contributed by atoms with van der Waals surface area (Å²) in [5.41, 5.74) is 0.988. The highest BCUT2D eigenvalue weighted by molar-refractivity contribution is 5.69. The van der Waals surface area contributed by atoms with Gasteiger partial charge in [0.15, 0.2) is 0 Å². The van der Waals surface area contributed by atoms with Crippen molar-refractivity contribution in [3.05, 3.63) is 105 Å². The van der Waals surface area contributed by atoms with Crippen LogP contribution in [0.25, 0.3) is 0 Å². The van der Waals surface area contributed by atoms with Crippen LogP contribution in [0, 0.1) is 12.9 Å². The normalized spacial score (nSPS) is 10.7. The average Bonchev–Trinajstić information content (AvgIpc) is 2.88. The SMILES string of the molecule is COC(=O)CCn1c(=O)nc(Nc2ccc(Oc3cccc(F)n3)cc2)n(Cc2ccc(C)cc2)c1=O. The Morgan fingerprint density at radius 1 is 0.973 bits per heavy atom. The minimum atomic E-state index is -0.798. The first-order valence-electron chi connectivity index (χ1n) is 11.3. The molecule has 4 rings (SSSR count). The van der Waals surface area contributed by atoms with Crippen LogP contribution in [-0.4, -0.2) is 32.2 Å². The van der Waals surface area contributed by atoms with Crippen molar-refractivity contribution in [2.24, 2.45) is 0 Å². The highest BCUT2D eigenvalue weighted by atomic mass is 19.1. The van der Waals surface area contributed by atoms with E-state index in [-0.39, 0.29) is 31.3 Å². The fourth-order valence-electron chi connectivity index (χ4n) is 3.44. The van der Waals surface area contributed by atoms with Gasteiger partial charge in [-0.2, -0.15) is 14.4 Å². The Hall–Kier alpha value is -4.80. The zero-order valence-corrected chi connectivity index (χ0v) is 20.2. The number of methoxy groups -OCH3 is 1. The number of anilines is 2. The van der Waals surface area contributed by atoms with Gasteiger partial charge in [-0.25, -0.2) is 14.2 Å². The molecular formula is C26H24FN5O5. The van der Waals surface area contributed by atoms with E-state index in [0.717, 1.165) is 15.7 Å². The number of halogens is 1. The summed E-state index contributed by atoms with van der Waals surface area (Å²) in [6.07, 6.45) is -0.147. The molecule has 0 aliphatic carbocycles. The van der Waals surface area contributed by atoms with Crippen molar-refractivity contribution >= 4 is 17.6 Å². The second-order valence-electron chi connectivity index (χ2n) is 8.10. The van der Waals surface area contributed by atoms with Crippen molar-refractivity contribution in [1.29, 1.82) is 0 Å². The maximum absolute atomic E-state index is 13.3. The third kappa shape index (κ3) is 6.45. The summed E-state index contributed by atoms with van der Waals surface area (Å²) in [4.78, 5) is 45.3. The first-order valence-corrected chi connectivity index (χ1v) is 11.3. The smallest absolute Gasteiger partial charge is 0.354 e. The Kier molecular flexibility index (Phi) is 7.72. The van der Waals surface area contributed by atoms with Crippen LogP contribution in [0.4, 0.5) is 16.0 Å². The minimum absolute atomic E-state index is 0.0327. The van der Waals surface area contributed by atoms with E-state index in [1.165, 1.54) is 29.9 Å². The number of ether oxygens (including phenoxy) is 2. The zero-order chi connectivity index (χ0) is 26.4. The molecule has 0 radical (unpaired) electrons. The molecule has 2 heterocycles. The first kappa shape index (κ1) is 25.3. The fraction of sp³-hybridized carbons (Fsp3) is 0.192. The first-order chi connectivity index (χ1) is 17.8. The Balaban J connectivity index is 1.63. The van der Waals surface area contributed by atoms with Gasteiger partial charge in [-0.1, -0.05) is 35.9 Å². The van der Waals surface area contributed by atoms with Gasteiger partial charge in [0, 0.05) is 18.3 Å². The molecule has 0 spiro atoms. The molecular weight excluding hydrogens is 481 g/mol. The second-order valence-corrected chi connectivity index (χ2v) is 8.10. The standard InChI is InChI=1S/C26H24FN5O5/c1-17-6-8-18(9-7-17)16-32-24(30-25(34)31(26(32)35)15-14-23(33)36-2)28-19-10-12-20(13-11-19)37-22-5-3-4-21(27)29-22/h3-13H,14-16H2,1-2H3,(H,28,30,34). The monoisotopic (exact) mass is 505 g/mol. The number of esters is 1. The van der Waals surface area contributed by atoms with Crippen LogP contribution in [0.15, 0.2) is 76.3 Å². The number of nitrogens with zero attached hydrogens (tertiary/aromatic N) is 4. The van der Waals surface area contributed by atoms with Crippen LogP contribution in [0.5, 0.6) is 11.6 Å². The number of aryl methyl sites for hydroxylation is 1. The third-order valence-electron chi connectivity index (χ3n) is 5.40. The molecule has 190 valence electrons. The van der Waals surface area contributed by atoms with Gasteiger partial charge in [0.05, 0.1) is 20.1 Å². The molecule has 0 aliphatic heterocycles. The van der Waals surface area contributed by atoms with E-state index in [9.17, 15) is 18.8 Å². The van der Waals surface area contributed by atoms with Gasteiger partial charge < -0.3 is 14.8 Å². The molecule has 0 amide bonds. The molecule has 0 fully saturated rings. The topological polar surface area (TPSA) is 117 Å². The van der Waals surface area contributed by atoms with E-state index >= 15 is 0 Å². The van der Waals surface area contributed by atoms with E-state index in [0.29, 0.717) is 11.4 Å². The van der Waals surface area contributed by atoms with Gasteiger partial charge in [0.2, 0.25) is 17.8 Å². The summed E-state index contributed by atoms with van der Waals surface area (Å²) >= 11 is 0. The Labute approximate surface area is 211 Å². The molecule has 10 nitrogen and oxygen atoms in total. The number of rotatable bonds is 9. The predicted octanol–water partition coefficient (Wildman–Crippen LogP) is 3.39. The van der Waals surface area contributed by atoms with Crippen molar-refractivity contribution in [1.82, 2.24) is 19.1 Å². The highest BCUT2D eigenvalue weighted by Gasteiger charge is 2.15. The molecule has 2 aromatic heterocycles. The second kappa shape index (κ2) is 11.3. The Morgan fingerprint density at radius 2 is 1.70 bits per heavy atom. The third-order valence-corrected chi connectivity index (χ3v) is 5.40. The number of pyridine rings is 1. The van der Waals surface area contributed by atoms with Crippen molar-refractivity contribution in [2.45, 2.75) is 26.4 Å². The van der Waals surface area contributed by atoms with Gasteiger partial charge in [0.25, 0.3) is 0 Å². The van der Waals surface area contributed by atoms with Crippen LogP contribution in [0.2, 0.25) is 0 Å². The molecule has 37 heavy (non-hydrogen) atoms. The number of benzene rings is 2. The van der Waals surface area contributed by atoms with E-state index in [4.69, 9.17) is 4.74 Å². The zero-order valence-electron chi connectivity index (χ0n) is 20.2. The molecule has 0 saturated carbocycles. The summed E-state index contributed by atoms with van der Waals surface area (Å²) in [6.45, 7) is 1.93. The number of hydrogen-bond acceptors (Lipinski definition) is 8. The number of aromatic nitrogens is 4. The van der Waals surface area contributed by atoms with Crippen LogP contribution >= 0.6 is 0 Å². The molecule has 0 atom stereocenters. The molecule has 0 saturated heterocycles. The molecule has 0 unspecified atom stereocenters. The fourth-order valence-corrected chi connectivity index (χ4v) is 3.44. The Morgan fingerprint density at radius 3 is 2.38 bits per heavy atom. The molecule has 1 N–H and O–H groups in total. The average molecular weight is 506 g/mol. The number of nitrogens with one attached hydrogen (secondary N) is 1. The maximum atomic E-state index is 13.3. The quantitative estimate of drug-likeness (QED) is 0.272.